The van der Waals surface area contributed by atoms with E-state index >= 15 is 0 Å². The van der Waals surface area contributed by atoms with Crippen molar-refractivity contribution in [3.8, 4) is 0 Å². The first-order chi connectivity index (χ1) is 9.08. The van der Waals surface area contributed by atoms with Crippen LogP contribution in [0.5, 0.6) is 0 Å². The second-order valence-corrected chi connectivity index (χ2v) is 4.67. The molecule has 19 heavy (non-hydrogen) atoms. The molecule has 1 saturated heterocycles. The Morgan fingerprint density at radius 3 is 2.95 bits per heavy atom. The summed E-state index contributed by atoms with van der Waals surface area (Å²) in [6.45, 7) is 2.49. The Kier molecular flexibility index (Phi) is 4.09. The maximum atomic E-state index is 12.0. The van der Waals surface area contributed by atoms with Crippen molar-refractivity contribution in [2.45, 2.75) is 38.6 Å². The molecule has 1 aliphatic rings. The topological polar surface area (TPSA) is 83.4 Å². The van der Waals surface area contributed by atoms with Crippen LogP contribution in [0.15, 0.2) is 12.3 Å². The number of carboxylic acids is 1. The molecule has 0 aliphatic carbocycles. The van der Waals surface area contributed by atoms with Gasteiger partial charge in [0.25, 0.3) is 0 Å². The molecule has 0 radical (unpaired) electrons. The van der Waals surface area contributed by atoms with Gasteiger partial charge in [-0.2, -0.15) is 0 Å². The van der Waals surface area contributed by atoms with Gasteiger partial charge in [0.15, 0.2) is 0 Å². The summed E-state index contributed by atoms with van der Waals surface area (Å²) in [5.41, 5.74) is 0.841. The van der Waals surface area contributed by atoms with Crippen LogP contribution in [0.25, 0.3) is 0 Å². The van der Waals surface area contributed by atoms with E-state index in [0.717, 1.165) is 18.5 Å². The number of carbonyl (C=O) groups is 2. The fourth-order valence-electron chi connectivity index (χ4n) is 2.39. The molecule has 1 aromatic rings. The molecule has 1 atom stereocenters. The van der Waals surface area contributed by atoms with Crippen LogP contribution in [0.4, 0.5) is 0 Å². The lowest BCUT2D eigenvalue weighted by atomic mass is 10.1. The molecule has 1 fully saturated rings. The Morgan fingerprint density at radius 2 is 2.26 bits per heavy atom. The van der Waals surface area contributed by atoms with Gasteiger partial charge in [-0.3, -0.25) is 9.59 Å². The van der Waals surface area contributed by atoms with Crippen molar-refractivity contribution >= 4 is 11.9 Å². The third kappa shape index (κ3) is 3.27. The zero-order valence-corrected chi connectivity index (χ0v) is 10.9. The van der Waals surface area contributed by atoms with Crippen molar-refractivity contribution in [2.24, 2.45) is 0 Å². The summed E-state index contributed by atoms with van der Waals surface area (Å²) in [4.78, 5) is 32.7. The summed E-state index contributed by atoms with van der Waals surface area (Å²) >= 11 is 0. The third-order valence-electron chi connectivity index (χ3n) is 3.26. The van der Waals surface area contributed by atoms with Gasteiger partial charge in [-0.25, -0.2) is 9.97 Å². The van der Waals surface area contributed by atoms with Crippen LogP contribution >= 0.6 is 0 Å². The minimum absolute atomic E-state index is 0.0389. The molecule has 1 unspecified atom stereocenters. The van der Waals surface area contributed by atoms with E-state index in [0.29, 0.717) is 12.4 Å². The zero-order chi connectivity index (χ0) is 13.8. The molecular weight excluding hydrogens is 246 g/mol. The van der Waals surface area contributed by atoms with E-state index in [1.165, 1.54) is 0 Å². The normalized spacial score (nSPS) is 18.6. The van der Waals surface area contributed by atoms with Gasteiger partial charge in [0, 0.05) is 19.2 Å². The van der Waals surface area contributed by atoms with Gasteiger partial charge < -0.3 is 10.0 Å². The molecule has 0 aromatic carbocycles. The van der Waals surface area contributed by atoms with Crippen LogP contribution in [-0.4, -0.2) is 38.4 Å². The monoisotopic (exact) mass is 263 g/mol. The van der Waals surface area contributed by atoms with Crippen LogP contribution in [-0.2, 0) is 9.59 Å². The molecule has 0 bridgehead atoms. The van der Waals surface area contributed by atoms with Crippen molar-refractivity contribution in [1.29, 1.82) is 0 Å². The minimum atomic E-state index is -0.943. The lowest BCUT2D eigenvalue weighted by molar-refractivity contribution is -0.141. The van der Waals surface area contributed by atoms with E-state index in [4.69, 9.17) is 5.11 Å². The van der Waals surface area contributed by atoms with Gasteiger partial charge in [0.2, 0.25) is 5.91 Å². The maximum absolute atomic E-state index is 12.0. The summed E-state index contributed by atoms with van der Waals surface area (Å²) in [6.07, 6.45) is 3.42. The molecular formula is C13H17N3O3. The molecule has 1 aromatic heterocycles. The van der Waals surface area contributed by atoms with Crippen LogP contribution < -0.4 is 0 Å². The summed E-state index contributed by atoms with van der Waals surface area (Å²) < 4.78 is 0. The number of amides is 1. The van der Waals surface area contributed by atoms with Gasteiger partial charge in [-0.05, 0) is 25.8 Å². The predicted molar refractivity (Wildman–Crippen MR) is 67.3 cm³/mol. The molecule has 2 rings (SSSR count). The highest BCUT2D eigenvalue weighted by atomic mass is 16.4. The lowest BCUT2D eigenvalue weighted by Gasteiger charge is -2.24. The van der Waals surface area contributed by atoms with Crippen molar-refractivity contribution in [1.82, 2.24) is 14.9 Å². The first kappa shape index (κ1) is 13.5. The van der Waals surface area contributed by atoms with E-state index in [2.05, 4.69) is 9.97 Å². The minimum Gasteiger partial charge on any atom is -0.481 e. The number of carboxylic acid groups (broad SMARTS) is 1. The second kappa shape index (κ2) is 5.77. The number of aryl methyl sites for hydroxylation is 1. The average molecular weight is 263 g/mol. The molecule has 1 aliphatic heterocycles. The van der Waals surface area contributed by atoms with E-state index < -0.39 is 5.97 Å². The summed E-state index contributed by atoms with van der Waals surface area (Å²) in [5, 5.41) is 8.63. The lowest BCUT2D eigenvalue weighted by Crippen LogP contribution is -2.31. The number of nitrogens with zero attached hydrogens (tertiary/aromatic N) is 3. The molecule has 102 valence electrons. The summed E-state index contributed by atoms with van der Waals surface area (Å²) in [7, 11) is 0. The number of aliphatic carboxylic acids is 1. The van der Waals surface area contributed by atoms with Crippen LogP contribution in [0.1, 0.15) is 43.2 Å². The zero-order valence-electron chi connectivity index (χ0n) is 10.9. The van der Waals surface area contributed by atoms with Gasteiger partial charge in [0.1, 0.15) is 5.82 Å². The fourth-order valence-corrected chi connectivity index (χ4v) is 2.39. The molecule has 0 spiro atoms. The van der Waals surface area contributed by atoms with Crippen molar-refractivity contribution in [3.05, 3.63) is 23.8 Å². The Hall–Kier alpha value is -1.98. The number of hydrogen-bond acceptors (Lipinski definition) is 4. The Balaban J connectivity index is 2.08. The molecule has 0 saturated carbocycles. The Labute approximate surface area is 111 Å². The highest BCUT2D eigenvalue weighted by molar-refractivity contribution is 5.81. The second-order valence-electron chi connectivity index (χ2n) is 4.67. The molecule has 2 heterocycles. The van der Waals surface area contributed by atoms with Crippen molar-refractivity contribution < 1.29 is 14.7 Å². The first-order valence-electron chi connectivity index (χ1n) is 6.38. The van der Waals surface area contributed by atoms with E-state index in [9.17, 15) is 9.59 Å². The highest BCUT2D eigenvalue weighted by Crippen LogP contribution is 2.31. The molecule has 1 amide bonds. The van der Waals surface area contributed by atoms with Crippen molar-refractivity contribution in [2.75, 3.05) is 6.54 Å². The Morgan fingerprint density at radius 1 is 1.47 bits per heavy atom. The van der Waals surface area contributed by atoms with E-state index in [1.54, 1.807) is 11.1 Å². The van der Waals surface area contributed by atoms with Crippen LogP contribution in [0.3, 0.4) is 0 Å². The number of hydrogen-bond donors (Lipinski definition) is 1. The summed E-state index contributed by atoms with van der Waals surface area (Å²) in [5.74, 6) is -0.370. The molecule has 6 nitrogen and oxygen atoms in total. The smallest absolute Gasteiger partial charge is 0.303 e. The largest absolute Gasteiger partial charge is 0.481 e. The standard InChI is InChI=1S/C13H17N3O3/c1-9-14-7-6-10(15-9)11-3-2-8-16(11)12(17)4-5-13(18)19/h6-7,11H,2-5,8H2,1H3,(H,18,19). The van der Waals surface area contributed by atoms with Gasteiger partial charge in [0.05, 0.1) is 18.2 Å². The predicted octanol–water partition coefficient (Wildman–Crippen LogP) is 1.31. The SMILES string of the molecule is Cc1nccc(C2CCCN2C(=O)CCC(=O)O)n1. The van der Waals surface area contributed by atoms with Crippen LogP contribution in [0, 0.1) is 6.92 Å². The third-order valence-corrected chi connectivity index (χ3v) is 3.26. The first-order valence-corrected chi connectivity index (χ1v) is 6.38. The fraction of sp³-hybridized carbons (Fsp3) is 0.538. The number of likely N-dealkylation sites (tertiary alicyclic amines) is 1. The molecule has 1 N–H and O–H groups in total. The maximum Gasteiger partial charge on any atom is 0.303 e. The number of rotatable bonds is 4. The molecule has 6 heteroatoms. The van der Waals surface area contributed by atoms with Crippen molar-refractivity contribution in [3.63, 3.8) is 0 Å². The van der Waals surface area contributed by atoms with Gasteiger partial charge in [-0.1, -0.05) is 0 Å². The summed E-state index contributed by atoms with van der Waals surface area (Å²) in [6, 6.07) is 1.78. The van der Waals surface area contributed by atoms with Gasteiger partial charge in [-0.15, -0.1) is 0 Å². The Bertz CT molecular complexity index is 490. The van der Waals surface area contributed by atoms with E-state index in [1.807, 2.05) is 13.0 Å². The van der Waals surface area contributed by atoms with Gasteiger partial charge >= 0.3 is 5.97 Å². The average Bonchev–Trinajstić information content (AvgIpc) is 2.85. The number of aromatic nitrogens is 2. The quantitative estimate of drug-likeness (QED) is 0.885. The highest BCUT2D eigenvalue weighted by Gasteiger charge is 2.30. The van der Waals surface area contributed by atoms with E-state index in [-0.39, 0.29) is 24.8 Å². The van der Waals surface area contributed by atoms with Crippen LogP contribution in [0.2, 0.25) is 0 Å². The number of carbonyl (C=O) groups excluding carboxylic acids is 1.